The minimum absolute atomic E-state index is 0.283. The van der Waals surface area contributed by atoms with Gasteiger partial charge in [0.15, 0.2) is 0 Å². The van der Waals surface area contributed by atoms with Crippen molar-refractivity contribution in [2.75, 3.05) is 17.3 Å². The second-order valence-electron chi connectivity index (χ2n) is 7.50. The van der Waals surface area contributed by atoms with Gasteiger partial charge in [0.25, 0.3) is 0 Å². The SMILES string of the molecule is COC(=O)c1sc2nccc3c2c1NC(=O)N3c1cccc(C2CCCCC2)c1. The van der Waals surface area contributed by atoms with Crippen molar-refractivity contribution in [3.63, 3.8) is 0 Å². The minimum atomic E-state index is -0.470. The van der Waals surface area contributed by atoms with Crippen LogP contribution in [0.15, 0.2) is 36.5 Å². The lowest BCUT2D eigenvalue weighted by atomic mass is 9.84. The number of thiophene rings is 1. The number of urea groups is 1. The van der Waals surface area contributed by atoms with Crippen molar-refractivity contribution in [1.29, 1.82) is 0 Å². The van der Waals surface area contributed by atoms with E-state index in [9.17, 15) is 9.59 Å². The first kappa shape index (κ1) is 18.1. The number of rotatable bonds is 3. The van der Waals surface area contributed by atoms with Gasteiger partial charge in [0.1, 0.15) is 9.71 Å². The third-order valence-electron chi connectivity index (χ3n) is 5.82. The van der Waals surface area contributed by atoms with Gasteiger partial charge >= 0.3 is 12.0 Å². The van der Waals surface area contributed by atoms with Gasteiger partial charge in [0.2, 0.25) is 0 Å². The van der Waals surface area contributed by atoms with Gasteiger partial charge in [-0.15, -0.1) is 11.3 Å². The normalized spacial score (nSPS) is 16.7. The Balaban J connectivity index is 1.62. The summed E-state index contributed by atoms with van der Waals surface area (Å²) >= 11 is 1.23. The van der Waals surface area contributed by atoms with E-state index in [1.165, 1.54) is 56.1 Å². The molecule has 7 heteroatoms. The number of hydrogen-bond donors (Lipinski definition) is 1. The fourth-order valence-electron chi connectivity index (χ4n) is 4.43. The van der Waals surface area contributed by atoms with Crippen molar-refractivity contribution in [3.05, 3.63) is 47.0 Å². The smallest absolute Gasteiger partial charge is 0.350 e. The van der Waals surface area contributed by atoms with E-state index in [0.717, 1.165) is 16.8 Å². The van der Waals surface area contributed by atoms with E-state index in [1.807, 2.05) is 18.2 Å². The van der Waals surface area contributed by atoms with Crippen LogP contribution in [0, 0.1) is 0 Å². The van der Waals surface area contributed by atoms with Gasteiger partial charge < -0.3 is 10.1 Å². The zero-order valence-electron chi connectivity index (χ0n) is 16.1. The molecule has 1 aromatic carbocycles. The molecule has 1 aliphatic heterocycles. The summed E-state index contributed by atoms with van der Waals surface area (Å²) in [6.07, 6.45) is 7.91. The van der Waals surface area contributed by atoms with Crippen molar-refractivity contribution < 1.29 is 14.3 Å². The minimum Gasteiger partial charge on any atom is -0.465 e. The van der Waals surface area contributed by atoms with Crippen LogP contribution in [0.1, 0.15) is 53.3 Å². The molecule has 0 radical (unpaired) electrons. The predicted octanol–water partition coefficient (Wildman–Crippen LogP) is 5.81. The molecule has 29 heavy (non-hydrogen) atoms. The Bertz CT molecular complexity index is 1120. The number of ether oxygens (including phenoxy) is 1. The van der Waals surface area contributed by atoms with Gasteiger partial charge in [-0.2, -0.15) is 0 Å². The van der Waals surface area contributed by atoms with Crippen LogP contribution >= 0.6 is 11.3 Å². The highest BCUT2D eigenvalue weighted by Gasteiger charge is 2.33. The number of nitrogens with one attached hydrogen (secondary N) is 1. The maximum absolute atomic E-state index is 13.1. The molecule has 6 nitrogen and oxygen atoms in total. The van der Waals surface area contributed by atoms with Crippen molar-refractivity contribution in [2.45, 2.75) is 38.0 Å². The Morgan fingerprint density at radius 1 is 1.24 bits per heavy atom. The second-order valence-corrected chi connectivity index (χ2v) is 8.50. The summed E-state index contributed by atoms with van der Waals surface area (Å²) in [5.74, 6) is 0.0821. The van der Waals surface area contributed by atoms with E-state index in [4.69, 9.17) is 4.74 Å². The highest BCUT2D eigenvalue weighted by molar-refractivity contribution is 7.21. The molecule has 0 spiro atoms. The molecule has 1 saturated carbocycles. The lowest BCUT2D eigenvalue weighted by molar-refractivity contribution is 0.0607. The van der Waals surface area contributed by atoms with E-state index in [1.54, 1.807) is 11.1 Å². The number of pyridine rings is 1. The summed E-state index contributed by atoms with van der Waals surface area (Å²) < 4.78 is 4.88. The van der Waals surface area contributed by atoms with Crippen LogP contribution in [0.25, 0.3) is 10.2 Å². The molecule has 0 saturated heterocycles. The Morgan fingerprint density at radius 3 is 2.86 bits per heavy atom. The van der Waals surface area contributed by atoms with Crippen LogP contribution in [0.2, 0.25) is 0 Å². The van der Waals surface area contributed by atoms with Gasteiger partial charge in [-0.3, -0.25) is 4.90 Å². The van der Waals surface area contributed by atoms with Crippen LogP contribution in [0.5, 0.6) is 0 Å². The van der Waals surface area contributed by atoms with Gasteiger partial charge in [-0.25, -0.2) is 14.6 Å². The van der Waals surface area contributed by atoms with Gasteiger partial charge in [-0.05, 0) is 42.5 Å². The number of anilines is 3. The number of carbonyl (C=O) groups excluding carboxylic acids is 2. The number of benzene rings is 1. The Labute approximate surface area is 172 Å². The molecule has 3 heterocycles. The first-order valence-electron chi connectivity index (χ1n) is 9.88. The third kappa shape index (κ3) is 2.97. The fourth-order valence-corrected chi connectivity index (χ4v) is 5.47. The molecule has 0 atom stereocenters. The standard InChI is InChI=1S/C22H21N3O3S/c1-28-21(26)19-18-17-16(10-11-23-20(17)29-19)25(22(27)24-18)15-9-5-8-14(12-15)13-6-3-2-4-7-13/h5,8-13H,2-4,6-7H2,1H3,(H,24,27). The number of methoxy groups -OCH3 is 1. The molecule has 0 bridgehead atoms. The van der Waals surface area contributed by atoms with E-state index >= 15 is 0 Å². The monoisotopic (exact) mass is 407 g/mol. The van der Waals surface area contributed by atoms with Crippen LogP contribution < -0.4 is 10.2 Å². The Kier molecular flexibility index (Phi) is 4.47. The van der Waals surface area contributed by atoms with E-state index in [2.05, 4.69) is 22.4 Å². The Hall–Kier alpha value is -2.93. The molecular weight excluding hydrogens is 386 g/mol. The molecule has 1 fully saturated rings. The number of amides is 2. The zero-order valence-corrected chi connectivity index (χ0v) is 16.9. The van der Waals surface area contributed by atoms with Crippen LogP contribution in [-0.4, -0.2) is 24.1 Å². The molecule has 3 aromatic rings. The summed E-state index contributed by atoms with van der Waals surface area (Å²) in [5.41, 5.74) is 3.34. The van der Waals surface area contributed by atoms with Crippen LogP contribution in [-0.2, 0) is 4.74 Å². The molecule has 2 aromatic heterocycles. The first-order valence-corrected chi connectivity index (χ1v) is 10.7. The fraction of sp³-hybridized carbons (Fsp3) is 0.318. The predicted molar refractivity (Wildman–Crippen MR) is 114 cm³/mol. The number of aromatic nitrogens is 1. The van der Waals surface area contributed by atoms with Crippen molar-refractivity contribution in [3.8, 4) is 0 Å². The number of nitrogens with zero attached hydrogens (tertiary/aromatic N) is 2. The summed E-state index contributed by atoms with van der Waals surface area (Å²) in [4.78, 5) is 32.4. The van der Waals surface area contributed by atoms with Crippen molar-refractivity contribution in [2.24, 2.45) is 0 Å². The molecule has 148 valence electrons. The molecule has 2 amide bonds. The third-order valence-corrected chi connectivity index (χ3v) is 6.90. The first-order chi connectivity index (χ1) is 14.2. The number of carbonyl (C=O) groups is 2. The summed E-state index contributed by atoms with van der Waals surface area (Å²) in [5, 5.41) is 3.67. The van der Waals surface area contributed by atoms with E-state index in [-0.39, 0.29) is 6.03 Å². The average molecular weight is 407 g/mol. The van der Waals surface area contributed by atoms with Crippen LogP contribution in [0.3, 0.4) is 0 Å². The van der Waals surface area contributed by atoms with Crippen molar-refractivity contribution in [1.82, 2.24) is 4.98 Å². The van der Waals surface area contributed by atoms with Gasteiger partial charge in [-0.1, -0.05) is 31.4 Å². The topological polar surface area (TPSA) is 71.5 Å². The zero-order chi connectivity index (χ0) is 20.0. The van der Waals surface area contributed by atoms with Crippen LogP contribution in [0.4, 0.5) is 21.9 Å². The summed E-state index contributed by atoms with van der Waals surface area (Å²) in [7, 11) is 1.33. The quantitative estimate of drug-likeness (QED) is 0.556. The molecule has 5 rings (SSSR count). The molecule has 2 aliphatic rings. The highest BCUT2D eigenvalue weighted by atomic mass is 32.1. The molecule has 0 unspecified atom stereocenters. The lowest BCUT2D eigenvalue weighted by Gasteiger charge is -2.29. The maximum atomic E-state index is 13.1. The Morgan fingerprint density at radius 2 is 2.07 bits per heavy atom. The summed E-state index contributed by atoms with van der Waals surface area (Å²) in [6, 6.07) is 9.81. The number of hydrogen-bond acceptors (Lipinski definition) is 5. The van der Waals surface area contributed by atoms with Gasteiger partial charge in [0.05, 0.1) is 29.6 Å². The average Bonchev–Trinajstić information content (AvgIpc) is 3.13. The maximum Gasteiger partial charge on any atom is 0.350 e. The largest absolute Gasteiger partial charge is 0.465 e. The molecule has 1 aliphatic carbocycles. The number of esters is 1. The van der Waals surface area contributed by atoms with Crippen molar-refractivity contribution >= 4 is 50.6 Å². The van der Waals surface area contributed by atoms with E-state index in [0.29, 0.717) is 21.3 Å². The highest BCUT2D eigenvalue weighted by Crippen LogP contribution is 2.46. The lowest BCUT2D eigenvalue weighted by Crippen LogP contribution is -2.34. The molecular formula is C22H21N3O3S. The van der Waals surface area contributed by atoms with Gasteiger partial charge in [0, 0.05) is 6.20 Å². The summed E-state index contributed by atoms with van der Waals surface area (Å²) in [6.45, 7) is 0. The second kappa shape index (κ2) is 7.15. The molecule has 1 N–H and O–H groups in total. The van der Waals surface area contributed by atoms with E-state index < -0.39 is 5.97 Å².